The van der Waals surface area contributed by atoms with Crippen molar-refractivity contribution < 1.29 is 19.1 Å². The van der Waals surface area contributed by atoms with Crippen LogP contribution < -0.4 is 11.1 Å². The summed E-state index contributed by atoms with van der Waals surface area (Å²) in [6.45, 7) is 1.59. The summed E-state index contributed by atoms with van der Waals surface area (Å²) in [6, 6.07) is 10.1. The highest BCUT2D eigenvalue weighted by atomic mass is 32.2. The van der Waals surface area contributed by atoms with Crippen LogP contribution in [0.2, 0.25) is 0 Å². The first-order chi connectivity index (χ1) is 15.3. The van der Waals surface area contributed by atoms with Crippen molar-refractivity contribution >= 4 is 45.9 Å². The van der Waals surface area contributed by atoms with Crippen LogP contribution in [0.4, 0.5) is 5.00 Å². The number of nitrogens with one attached hydrogen (secondary N) is 1. The highest BCUT2D eigenvalue weighted by molar-refractivity contribution is 7.99. The molecule has 2 aromatic heterocycles. The highest BCUT2D eigenvalue weighted by Crippen LogP contribution is 2.33. The molecule has 0 aliphatic carbocycles. The first kappa shape index (κ1) is 23.5. The number of carbonyl (C=O) groups is 3. The number of ether oxygens (including phenoxy) is 1. The molecule has 2 amide bonds. The van der Waals surface area contributed by atoms with Gasteiger partial charge in [0.2, 0.25) is 5.91 Å². The molecule has 0 aliphatic rings. The Morgan fingerprint density at radius 2 is 1.91 bits per heavy atom. The van der Waals surface area contributed by atoms with Gasteiger partial charge in [-0.25, -0.2) is 4.79 Å². The lowest BCUT2D eigenvalue weighted by Gasteiger charge is -2.06. The van der Waals surface area contributed by atoms with E-state index in [1.165, 1.54) is 24.4 Å². The van der Waals surface area contributed by atoms with Crippen LogP contribution in [0.3, 0.4) is 0 Å². The standard InChI is InChI=1S/C21H23N5O4S2/c1-12-16(20(29)30-3)19(32-17(12)18(22)28)23-15(27)11-31-21-25-24-14(26(21)2)10-9-13-7-5-4-6-8-13/h4-8H,9-11H2,1-3H3,(H2,22,28)(H,23,27). The summed E-state index contributed by atoms with van der Waals surface area (Å²) in [4.78, 5) is 36.5. The number of aryl methyl sites for hydroxylation is 2. The van der Waals surface area contributed by atoms with Gasteiger partial charge in [0.05, 0.1) is 23.3 Å². The topological polar surface area (TPSA) is 129 Å². The second-order valence-corrected chi connectivity index (χ2v) is 8.86. The number of primary amides is 1. The average molecular weight is 474 g/mol. The molecule has 0 unspecified atom stereocenters. The molecule has 11 heteroatoms. The summed E-state index contributed by atoms with van der Waals surface area (Å²) in [7, 11) is 3.09. The number of hydrogen-bond donors (Lipinski definition) is 2. The molecule has 3 aromatic rings. The fraction of sp³-hybridized carbons (Fsp3) is 0.286. The number of nitrogens with two attached hydrogens (primary N) is 1. The molecule has 1 aromatic carbocycles. The zero-order chi connectivity index (χ0) is 23.3. The predicted octanol–water partition coefficient (Wildman–Crippen LogP) is 2.59. The Morgan fingerprint density at radius 1 is 1.19 bits per heavy atom. The van der Waals surface area contributed by atoms with Gasteiger partial charge in [-0.15, -0.1) is 21.5 Å². The summed E-state index contributed by atoms with van der Waals surface area (Å²) in [6.07, 6.45) is 1.57. The monoisotopic (exact) mass is 473 g/mol. The summed E-state index contributed by atoms with van der Waals surface area (Å²) < 4.78 is 6.63. The van der Waals surface area contributed by atoms with Crippen LogP contribution in [0.1, 0.15) is 37.0 Å². The fourth-order valence-electron chi connectivity index (χ4n) is 3.07. The van der Waals surface area contributed by atoms with E-state index in [0.29, 0.717) is 10.7 Å². The van der Waals surface area contributed by atoms with Crippen molar-refractivity contribution in [3.8, 4) is 0 Å². The van der Waals surface area contributed by atoms with Crippen LogP contribution in [-0.4, -0.2) is 45.4 Å². The number of methoxy groups -OCH3 is 1. The lowest BCUT2D eigenvalue weighted by atomic mass is 10.1. The first-order valence-corrected chi connectivity index (χ1v) is 11.5. The van der Waals surface area contributed by atoms with Crippen LogP contribution in [0, 0.1) is 6.92 Å². The number of aromatic nitrogens is 3. The summed E-state index contributed by atoms with van der Waals surface area (Å²) in [5, 5.41) is 11.9. The molecule has 0 radical (unpaired) electrons. The van der Waals surface area contributed by atoms with E-state index < -0.39 is 11.9 Å². The minimum atomic E-state index is -0.672. The number of nitrogens with zero attached hydrogens (tertiary/aromatic N) is 3. The molecule has 3 rings (SSSR count). The Morgan fingerprint density at radius 3 is 2.56 bits per heavy atom. The predicted molar refractivity (Wildman–Crippen MR) is 123 cm³/mol. The van der Waals surface area contributed by atoms with E-state index in [-0.39, 0.29) is 27.1 Å². The van der Waals surface area contributed by atoms with E-state index in [2.05, 4.69) is 27.6 Å². The SMILES string of the molecule is COC(=O)c1c(NC(=O)CSc2nnc(CCc3ccccc3)n2C)sc(C(N)=O)c1C. The third-order valence-electron chi connectivity index (χ3n) is 4.75. The molecule has 32 heavy (non-hydrogen) atoms. The van der Waals surface area contributed by atoms with Crippen molar-refractivity contribution in [1.82, 2.24) is 14.8 Å². The van der Waals surface area contributed by atoms with Crippen molar-refractivity contribution in [2.24, 2.45) is 12.8 Å². The molecular formula is C21H23N5O4S2. The molecule has 0 saturated heterocycles. The minimum Gasteiger partial charge on any atom is -0.465 e. The Bertz CT molecular complexity index is 1140. The number of rotatable bonds is 9. The molecule has 9 nitrogen and oxygen atoms in total. The van der Waals surface area contributed by atoms with Gasteiger partial charge in [-0.2, -0.15) is 0 Å². The van der Waals surface area contributed by atoms with E-state index >= 15 is 0 Å². The maximum atomic E-state index is 12.5. The Balaban J connectivity index is 1.63. The lowest BCUT2D eigenvalue weighted by Crippen LogP contribution is -2.16. The third-order valence-corrected chi connectivity index (χ3v) is 6.99. The highest BCUT2D eigenvalue weighted by Gasteiger charge is 2.25. The van der Waals surface area contributed by atoms with Gasteiger partial charge < -0.3 is 20.4 Å². The van der Waals surface area contributed by atoms with Crippen LogP contribution in [0.5, 0.6) is 0 Å². The zero-order valence-electron chi connectivity index (χ0n) is 17.9. The number of esters is 1. The maximum absolute atomic E-state index is 12.5. The van der Waals surface area contributed by atoms with Crippen LogP contribution >= 0.6 is 23.1 Å². The second-order valence-electron chi connectivity index (χ2n) is 6.90. The minimum absolute atomic E-state index is 0.0497. The Hall–Kier alpha value is -3.18. The molecule has 2 heterocycles. The van der Waals surface area contributed by atoms with Gasteiger partial charge in [-0.3, -0.25) is 9.59 Å². The summed E-state index contributed by atoms with van der Waals surface area (Å²) in [5.74, 6) is -0.801. The number of anilines is 1. The van der Waals surface area contributed by atoms with Gasteiger partial charge in [0.25, 0.3) is 5.91 Å². The van der Waals surface area contributed by atoms with E-state index in [1.807, 2.05) is 29.8 Å². The molecular weight excluding hydrogens is 450 g/mol. The molecule has 0 spiro atoms. The van der Waals surface area contributed by atoms with Gasteiger partial charge in [-0.05, 0) is 24.5 Å². The summed E-state index contributed by atoms with van der Waals surface area (Å²) in [5.41, 5.74) is 7.10. The number of carbonyl (C=O) groups excluding carboxylic acids is 3. The molecule has 0 bridgehead atoms. The van der Waals surface area contributed by atoms with Gasteiger partial charge in [0, 0.05) is 13.5 Å². The lowest BCUT2D eigenvalue weighted by molar-refractivity contribution is -0.113. The second kappa shape index (κ2) is 10.4. The molecule has 0 fully saturated rings. The quantitative estimate of drug-likeness (QED) is 0.361. The van der Waals surface area contributed by atoms with Crippen molar-refractivity contribution in [3.63, 3.8) is 0 Å². The van der Waals surface area contributed by atoms with Crippen molar-refractivity contribution in [1.29, 1.82) is 0 Å². The van der Waals surface area contributed by atoms with Gasteiger partial charge in [-0.1, -0.05) is 42.1 Å². The van der Waals surface area contributed by atoms with Crippen LogP contribution in [0.15, 0.2) is 35.5 Å². The molecule has 0 aliphatic heterocycles. The van der Waals surface area contributed by atoms with E-state index in [9.17, 15) is 14.4 Å². The smallest absolute Gasteiger partial charge is 0.341 e. The fourth-order valence-corrected chi connectivity index (χ4v) is 4.86. The normalized spacial score (nSPS) is 10.7. The Kier molecular flexibility index (Phi) is 7.65. The molecule has 0 atom stereocenters. The van der Waals surface area contributed by atoms with Crippen molar-refractivity contribution in [3.05, 3.63) is 57.7 Å². The zero-order valence-corrected chi connectivity index (χ0v) is 19.5. The van der Waals surface area contributed by atoms with Crippen LogP contribution in [0.25, 0.3) is 0 Å². The molecule has 168 valence electrons. The Labute approximate surface area is 193 Å². The van der Waals surface area contributed by atoms with Crippen molar-refractivity contribution in [2.45, 2.75) is 24.9 Å². The largest absolute Gasteiger partial charge is 0.465 e. The average Bonchev–Trinajstić information content (AvgIpc) is 3.30. The van der Waals surface area contributed by atoms with E-state index in [0.717, 1.165) is 30.0 Å². The number of thiophene rings is 1. The van der Waals surface area contributed by atoms with Gasteiger partial charge in [0.1, 0.15) is 10.8 Å². The summed E-state index contributed by atoms with van der Waals surface area (Å²) >= 11 is 2.18. The molecule has 0 saturated carbocycles. The third kappa shape index (κ3) is 5.35. The first-order valence-electron chi connectivity index (χ1n) is 9.68. The maximum Gasteiger partial charge on any atom is 0.341 e. The van der Waals surface area contributed by atoms with Crippen molar-refractivity contribution in [2.75, 3.05) is 18.2 Å². The van der Waals surface area contributed by atoms with Gasteiger partial charge >= 0.3 is 5.97 Å². The van der Waals surface area contributed by atoms with E-state index in [4.69, 9.17) is 10.5 Å². The number of hydrogen-bond acceptors (Lipinski definition) is 8. The van der Waals surface area contributed by atoms with Gasteiger partial charge in [0.15, 0.2) is 5.16 Å². The molecule has 3 N–H and O–H groups in total. The van der Waals surface area contributed by atoms with E-state index in [1.54, 1.807) is 6.92 Å². The number of amides is 2. The number of thioether (sulfide) groups is 1. The van der Waals surface area contributed by atoms with Crippen LogP contribution in [-0.2, 0) is 29.4 Å². The number of benzene rings is 1.